The van der Waals surface area contributed by atoms with Gasteiger partial charge >= 0.3 is 0 Å². The molecule has 2 aromatic heterocycles. The molecular formula is C19H19N5O2. The van der Waals surface area contributed by atoms with E-state index in [0.29, 0.717) is 13.1 Å². The molecule has 1 aliphatic heterocycles. The Morgan fingerprint density at radius 1 is 1.23 bits per heavy atom. The fourth-order valence-electron chi connectivity index (χ4n) is 3.18. The van der Waals surface area contributed by atoms with Gasteiger partial charge in [-0.1, -0.05) is 18.2 Å². The number of amides is 2. The summed E-state index contributed by atoms with van der Waals surface area (Å²) >= 11 is 0. The van der Waals surface area contributed by atoms with Crippen LogP contribution >= 0.6 is 0 Å². The van der Waals surface area contributed by atoms with Gasteiger partial charge in [-0.25, -0.2) is 9.97 Å². The molecular weight excluding hydrogens is 330 g/mol. The number of aromatic nitrogens is 3. The van der Waals surface area contributed by atoms with Crippen LogP contribution in [-0.2, 0) is 16.1 Å². The van der Waals surface area contributed by atoms with Crippen LogP contribution < -0.4 is 5.32 Å². The Kier molecular flexibility index (Phi) is 4.12. The van der Waals surface area contributed by atoms with Crippen LogP contribution in [0, 0.1) is 5.92 Å². The second-order valence-electron chi connectivity index (χ2n) is 6.52. The Labute approximate surface area is 150 Å². The normalized spacial score (nSPS) is 17.0. The summed E-state index contributed by atoms with van der Waals surface area (Å²) in [5, 5.41) is 2.89. The zero-order chi connectivity index (χ0) is 18.1. The number of carbonyl (C=O) groups is 2. The number of imidazole rings is 1. The molecule has 0 radical (unpaired) electrons. The number of likely N-dealkylation sites (tertiary alicyclic amines) is 1. The molecule has 1 N–H and O–H groups in total. The molecule has 0 bridgehead atoms. The molecule has 1 aliphatic rings. The van der Waals surface area contributed by atoms with Crippen molar-refractivity contribution in [2.45, 2.75) is 13.0 Å². The van der Waals surface area contributed by atoms with E-state index in [1.54, 1.807) is 24.5 Å². The van der Waals surface area contributed by atoms with Gasteiger partial charge in [0.15, 0.2) is 0 Å². The highest BCUT2D eigenvalue weighted by Gasteiger charge is 2.31. The Morgan fingerprint density at radius 3 is 2.81 bits per heavy atom. The molecule has 26 heavy (non-hydrogen) atoms. The molecule has 1 fully saturated rings. The maximum atomic E-state index is 12.2. The fourth-order valence-corrected chi connectivity index (χ4v) is 3.18. The first-order chi connectivity index (χ1) is 12.6. The van der Waals surface area contributed by atoms with Gasteiger partial charge in [-0.2, -0.15) is 0 Å². The van der Waals surface area contributed by atoms with Gasteiger partial charge in [-0.05, 0) is 23.8 Å². The number of pyridine rings is 1. The summed E-state index contributed by atoms with van der Waals surface area (Å²) in [4.78, 5) is 34.2. The van der Waals surface area contributed by atoms with Crippen molar-refractivity contribution in [3.63, 3.8) is 0 Å². The van der Waals surface area contributed by atoms with Crippen molar-refractivity contribution in [1.82, 2.24) is 24.8 Å². The minimum atomic E-state index is -0.267. The molecule has 1 saturated heterocycles. The van der Waals surface area contributed by atoms with Gasteiger partial charge in [0.05, 0.1) is 17.0 Å². The van der Waals surface area contributed by atoms with E-state index in [1.165, 1.54) is 0 Å². The van der Waals surface area contributed by atoms with E-state index in [4.69, 9.17) is 0 Å². The van der Waals surface area contributed by atoms with E-state index in [2.05, 4.69) is 15.3 Å². The average Bonchev–Trinajstić information content (AvgIpc) is 3.24. The molecule has 1 unspecified atom stereocenters. The maximum Gasteiger partial charge on any atom is 0.225 e. The standard InChI is InChI=1S/C19H19N5O2/c1-23-11-14(8-18(23)25)19(26)21-10-13-6-7-17(20-9-13)24-12-22-15-4-2-3-5-16(15)24/h2-7,9,12,14H,8,10-11H2,1H3,(H,21,26). The number of hydrogen-bond acceptors (Lipinski definition) is 4. The number of hydrogen-bond donors (Lipinski definition) is 1. The third kappa shape index (κ3) is 3.03. The summed E-state index contributed by atoms with van der Waals surface area (Å²) in [7, 11) is 1.72. The predicted molar refractivity (Wildman–Crippen MR) is 96.5 cm³/mol. The lowest BCUT2D eigenvalue weighted by atomic mass is 10.1. The number of para-hydroxylation sites is 2. The smallest absolute Gasteiger partial charge is 0.225 e. The van der Waals surface area contributed by atoms with Crippen LogP contribution in [0.5, 0.6) is 0 Å². The van der Waals surface area contributed by atoms with Gasteiger partial charge in [-0.15, -0.1) is 0 Å². The quantitative estimate of drug-likeness (QED) is 0.774. The molecule has 4 rings (SSSR count). The first-order valence-corrected chi connectivity index (χ1v) is 8.51. The van der Waals surface area contributed by atoms with E-state index in [1.807, 2.05) is 41.0 Å². The first kappa shape index (κ1) is 16.3. The molecule has 1 aromatic carbocycles. The van der Waals surface area contributed by atoms with E-state index in [0.717, 1.165) is 22.4 Å². The molecule has 3 heterocycles. The average molecular weight is 349 g/mol. The van der Waals surface area contributed by atoms with E-state index < -0.39 is 0 Å². The number of benzene rings is 1. The van der Waals surface area contributed by atoms with Crippen molar-refractivity contribution in [3.05, 3.63) is 54.5 Å². The lowest BCUT2D eigenvalue weighted by Crippen LogP contribution is -2.31. The Morgan fingerprint density at radius 2 is 2.08 bits per heavy atom. The van der Waals surface area contributed by atoms with Crippen LogP contribution in [0.2, 0.25) is 0 Å². The van der Waals surface area contributed by atoms with E-state index in [9.17, 15) is 9.59 Å². The highest BCUT2D eigenvalue weighted by Crippen LogP contribution is 2.17. The third-order valence-electron chi connectivity index (χ3n) is 4.69. The predicted octanol–water partition coefficient (Wildman–Crippen LogP) is 1.51. The molecule has 7 nitrogen and oxygen atoms in total. The van der Waals surface area contributed by atoms with Gasteiger partial charge in [-0.3, -0.25) is 14.2 Å². The third-order valence-corrected chi connectivity index (χ3v) is 4.69. The van der Waals surface area contributed by atoms with Crippen molar-refractivity contribution in [2.24, 2.45) is 5.92 Å². The summed E-state index contributed by atoms with van der Waals surface area (Å²) in [6.07, 6.45) is 3.78. The fraction of sp³-hybridized carbons (Fsp3) is 0.263. The first-order valence-electron chi connectivity index (χ1n) is 8.51. The Bertz CT molecular complexity index is 963. The van der Waals surface area contributed by atoms with Gasteiger partial charge in [0.2, 0.25) is 11.8 Å². The lowest BCUT2D eigenvalue weighted by Gasteiger charge is -2.11. The summed E-state index contributed by atoms with van der Waals surface area (Å²) in [5.74, 6) is 0.435. The molecule has 0 saturated carbocycles. The topological polar surface area (TPSA) is 80.1 Å². The minimum absolute atomic E-state index is 0.0173. The van der Waals surface area contributed by atoms with Crippen molar-refractivity contribution in [3.8, 4) is 5.82 Å². The van der Waals surface area contributed by atoms with Crippen LogP contribution in [0.25, 0.3) is 16.9 Å². The molecule has 1 atom stereocenters. The summed E-state index contributed by atoms with van der Waals surface area (Å²) in [6, 6.07) is 11.7. The highest BCUT2D eigenvalue weighted by molar-refractivity contribution is 5.89. The van der Waals surface area contributed by atoms with Crippen LogP contribution in [0.3, 0.4) is 0 Å². The maximum absolute atomic E-state index is 12.2. The summed E-state index contributed by atoms with van der Waals surface area (Å²) in [6.45, 7) is 0.876. The van der Waals surface area contributed by atoms with Gasteiger partial charge < -0.3 is 10.2 Å². The minimum Gasteiger partial charge on any atom is -0.352 e. The van der Waals surface area contributed by atoms with Gasteiger partial charge in [0, 0.05) is 32.8 Å². The summed E-state index contributed by atoms with van der Waals surface area (Å²) < 4.78 is 1.93. The Hall–Kier alpha value is -3.22. The van der Waals surface area contributed by atoms with Crippen molar-refractivity contribution in [2.75, 3.05) is 13.6 Å². The molecule has 0 spiro atoms. The number of fused-ring (bicyclic) bond motifs is 1. The molecule has 7 heteroatoms. The number of carbonyl (C=O) groups excluding carboxylic acids is 2. The number of rotatable bonds is 4. The van der Waals surface area contributed by atoms with Crippen LogP contribution in [0.1, 0.15) is 12.0 Å². The molecule has 0 aliphatic carbocycles. The monoisotopic (exact) mass is 349 g/mol. The van der Waals surface area contributed by atoms with Crippen molar-refractivity contribution in [1.29, 1.82) is 0 Å². The van der Waals surface area contributed by atoms with Gasteiger partial charge in [0.1, 0.15) is 12.1 Å². The zero-order valence-electron chi connectivity index (χ0n) is 14.4. The van der Waals surface area contributed by atoms with Crippen molar-refractivity contribution < 1.29 is 9.59 Å². The van der Waals surface area contributed by atoms with Gasteiger partial charge in [0.25, 0.3) is 0 Å². The molecule has 132 valence electrons. The Balaban J connectivity index is 1.42. The van der Waals surface area contributed by atoms with Crippen molar-refractivity contribution >= 4 is 22.8 Å². The second-order valence-corrected chi connectivity index (χ2v) is 6.52. The van der Waals surface area contributed by atoms with Crippen LogP contribution in [0.15, 0.2) is 48.9 Å². The SMILES string of the molecule is CN1CC(C(=O)NCc2ccc(-n3cnc4ccccc43)nc2)CC1=O. The van der Waals surface area contributed by atoms with E-state index in [-0.39, 0.29) is 24.2 Å². The summed E-state index contributed by atoms with van der Waals surface area (Å²) in [5.41, 5.74) is 2.82. The van der Waals surface area contributed by atoms with Crippen LogP contribution in [-0.4, -0.2) is 44.8 Å². The van der Waals surface area contributed by atoms with E-state index >= 15 is 0 Å². The molecule has 2 amide bonds. The number of nitrogens with one attached hydrogen (secondary N) is 1. The zero-order valence-corrected chi connectivity index (χ0v) is 14.4. The number of nitrogens with zero attached hydrogens (tertiary/aromatic N) is 4. The lowest BCUT2D eigenvalue weighted by molar-refractivity contribution is -0.128. The van der Waals surface area contributed by atoms with Crippen LogP contribution in [0.4, 0.5) is 0 Å². The second kappa shape index (κ2) is 6.59. The highest BCUT2D eigenvalue weighted by atomic mass is 16.2. The molecule has 3 aromatic rings. The largest absolute Gasteiger partial charge is 0.352 e.